The van der Waals surface area contributed by atoms with Gasteiger partial charge in [-0.25, -0.2) is 4.79 Å². The normalized spacial score (nSPS) is 18.8. The zero-order chi connectivity index (χ0) is 9.68. The van der Waals surface area contributed by atoms with Gasteiger partial charge >= 0.3 is 6.09 Å². The van der Waals surface area contributed by atoms with E-state index in [1.54, 1.807) is 4.90 Å². The first-order chi connectivity index (χ1) is 6.27. The highest BCUT2D eigenvalue weighted by molar-refractivity contribution is 7.80. The van der Waals surface area contributed by atoms with Gasteiger partial charge in [0.15, 0.2) is 0 Å². The van der Waals surface area contributed by atoms with E-state index in [0.29, 0.717) is 12.5 Å². The summed E-state index contributed by atoms with van der Waals surface area (Å²) in [6.45, 7) is 3.94. The van der Waals surface area contributed by atoms with Crippen molar-refractivity contribution in [3.05, 3.63) is 0 Å². The van der Waals surface area contributed by atoms with Gasteiger partial charge in [0.1, 0.15) is 0 Å². The number of nitrogens with zero attached hydrogens (tertiary/aromatic N) is 1. The second kappa shape index (κ2) is 5.37. The lowest BCUT2D eigenvalue weighted by Crippen LogP contribution is -2.39. The van der Waals surface area contributed by atoms with Gasteiger partial charge in [-0.1, -0.05) is 0 Å². The van der Waals surface area contributed by atoms with Crippen molar-refractivity contribution < 1.29 is 9.53 Å². The van der Waals surface area contributed by atoms with Crippen molar-refractivity contribution in [2.24, 2.45) is 5.92 Å². The number of hydrogen-bond acceptors (Lipinski definition) is 3. The van der Waals surface area contributed by atoms with Crippen molar-refractivity contribution in [1.29, 1.82) is 0 Å². The van der Waals surface area contributed by atoms with Crippen LogP contribution in [0.3, 0.4) is 0 Å². The molecule has 0 aromatic heterocycles. The molecule has 0 aromatic carbocycles. The molecule has 0 bridgehead atoms. The lowest BCUT2D eigenvalue weighted by molar-refractivity contribution is 0.0938. The molecule has 1 amide bonds. The molecule has 0 N–H and O–H groups in total. The highest BCUT2D eigenvalue weighted by Crippen LogP contribution is 2.18. The summed E-state index contributed by atoms with van der Waals surface area (Å²) in [5.74, 6) is 1.60. The van der Waals surface area contributed by atoms with Crippen LogP contribution >= 0.6 is 12.6 Å². The number of likely N-dealkylation sites (tertiary alicyclic amines) is 1. The van der Waals surface area contributed by atoms with E-state index in [0.717, 1.165) is 31.7 Å². The van der Waals surface area contributed by atoms with Crippen LogP contribution < -0.4 is 0 Å². The molecule has 1 heterocycles. The molecule has 0 aliphatic carbocycles. The Morgan fingerprint density at radius 1 is 1.54 bits per heavy atom. The molecule has 13 heavy (non-hydrogen) atoms. The van der Waals surface area contributed by atoms with Crippen LogP contribution in [0.5, 0.6) is 0 Å². The molecule has 0 atom stereocenters. The number of carbonyl (C=O) groups is 1. The lowest BCUT2D eigenvalue weighted by Gasteiger charge is -2.30. The highest BCUT2D eigenvalue weighted by atomic mass is 32.1. The SMILES string of the molecule is CCOC(=O)N1CCC(CS)CC1. The summed E-state index contributed by atoms with van der Waals surface area (Å²) < 4.78 is 4.92. The first-order valence-electron chi connectivity index (χ1n) is 4.80. The first-order valence-corrected chi connectivity index (χ1v) is 5.43. The third-order valence-electron chi connectivity index (χ3n) is 2.40. The number of carbonyl (C=O) groups excluding carboxylic acids is 1. The lowest BCUT2D eigenvalue weighted by atomic mass is 9.99. The van der Waals surface area contributed by atoms with Crippen molar-refractivity contribution in [2.75, 3.05) is 25.4 Å². The van der Waals surface area contributed by atoms with Crippen LogP contribution in [0.25, 0.3) is 0 Å². The number of amides is 1. The number of hydrogen-bond donors (Lipinski definition) is 1. The summed E-state index contributed by atoms with van der Waals surface area (Å²) in [7, 11) is 0. The predicted octanol–water partition coefficient (Wildman–Crippen LogP) is 1.78. The standard InChI is InChI=1S/C9H17NO2S/c1-2-12-9(11)10-5-3-8(7-13)4-6-10/h8,13H,2-7H2,1H3. The van der Waals surface area contributed by atoms with E-state index in [2.05, 4.69) is 12.6 Å². The van der Waals surface area contributed by atoms with Gasteiger partial charge in [-0.3, -0.25) is 0 Å². The van der Waals surface area contributed by atoms with Gasteiger partial charge in [0, 0.05) is 13.1 Å². The third kappa shape index (κ3) is 3.10. The predicted molar refractivity (Wildman–Crippen MR) is 55.2 cm³/mol. The Hall–Kier alpha value is -0.380. The maximum atomic E-state index is 11.3. The van der Waals surface area contributed by atoms with Crippen LogP contribution in [0.15, 0.2) is 0 Å². The molecule has 0 radical (unpaired) electrons. The highest BCUT2D eigenvalue weighted by Gasteiger charge is 2.22. The molecular formula is C9H17NO2S. The van der Waals surface area contributed by atoms with Gasteiger partial charge in [0.2, 0.25) is 0 Å². The van der Waals surface area contributed by atoms with Crippen LogP contribution in [-0.4, -0.2) is 36.4 Å². The monoisotopic (exact) mass is 203 g/mol. The van der Waals surface area contributed by atoms with Crippen LogP contribution in [-0.2, 0) is 4.74 Å². The fourth-order valence-electron chi connectivity index (χ4n) is 1.51. The zero-order valence-corrected chi connectivity index (χ0v) is 8.93. The van der Waals surface area contributed by atoms with Gasteiger partial charge in [-0.05, 0) is 31.4 Å². The van der Waals surface area contributed by atoms with E-state index in [-0.39, 0.29) is 6.09 Å². The molecule has 1 saturated heterocycles. The third-order valence-corrected chi connectivity index (χ3v) is 2.92. The van der Waals surface area contributed by atoms with Gasteiger partial charge in [0.25, 0.3) is 0 Å². The molecule has 0 spiro atoms. The van der Waals surface area contributed by atoms with Gasteiger partial charge < -0.3 is 9.64 Å². The maximum absolute atomic E-state index is 11.3. The average molecular weight is 203 g/mol. The van der Waals surface area contributed by atoms with E-state index in [9.17, 15) is 4.79 Å². The first kappa shape index (κ1) is 10.7. The quantitative estimate of drug-likeness (QED) is 0.693. The number of ether oxygens (including phenoxy) is 1. The fraction of sp³-hybridized carbons (Fsp3) is 0.889. The molecule has 3 nitrogen and oxygen atoms in total. The minimum absolute atomic E-state index is 0.167. The Morgan fingerprint density at radius 3 is 2.62 bits per heavy atom. The molecule has 1 aliphatic rings. The second-order valence-corrected chi connectivity index (χ2v) is 3.68. The van der Waals surface area contributed by atoms with E-state index in [1.165, 1.54) is 0 Å². The Kier molecular flexibility index (Phi) is 4.42. The van der Waals surface area contributed by atoms with Crippen LogP contribution in [0.1, 0.15) is 19.8 Å². The van der Waals surface area contributed by atoms with Crippen molar-refractivity contribution in [3.63, 3.8) is 0 Å². The summed E-state index contributed by atoms with van der Waals surface area (Å²) in [5, 5.41) is 0. The van der Waals surface area contributed by atoms with E-state index in [1.807, 2.05) is 6.92 Å². The molecule has 76 valence electrons. The van der Waals surface area contributed by atoms with Crippen molar-refractivity contribution in [2.45, 2.75) is 19.8 Å². The van der Waals surface area contributed by atoms with Crippen molar-refractivity contribution in [1.82, 2.24) is 4.90 Å². The maximum Gasteiger partial charge on any atom is 0.409 e. The average Bonchev–Trinajstić information content (AvgIpc) is 2.18. The van der Waals surface area contributed by atoms with Crippen molar-refractivity contribution >= 4 is 18.7 Å². The van der Waals surface area contributed by atoms with Crippen LogP contribution in [0, 0.1) is 5.92 Å². The van der Waals surface area contributed by atoms with Gasteiger partial charge in [-0.2, -0.15) is 12.6 Å². The van der Waals surface area contributed by atoms with Crippen LogP contribution in [0.2, 0.25) is 0 Å². The van der Waals surface area contributed by atoms with Crippen molar-refractivity contribution in [3.8, 4) is 0 Å². The molecule has 1 aliphatic heterocycles. The zero-order valence-electron chi connectivity index (χ0n) is 8.03. The minimum Gasteiger partial charge on any atom is -0.450 e. The van der Waals surface area contributed by atoms with E-state index in [4.69, 9.17) is 4.74 Å². The molecule has 0 saturated carbocycles. The summed E-state index contributed by atoms with van der Waals surface area (Å²) in [5.41, 5.74) is 0. The molecule has 1 rings (SSSR count). The minimum atomic E-state index is -0.167. The summed E-state index contributed by atoms with van der Waals surface area (Å²) in [4.78, 5) is 13.1. The molecule has 1 fully saturated rings. The fourth-order valence-corrected chi connectivity index (χ4v) is 1.88. The summed E-state index contributed by atoms with van der Waals surface area (Å²) >= 11 is 4.25. The molecule has 4 heteroatoms. The number of piperidine rings is 1. The Labute approximate surface area is 84.8 Å². The van der Waals surface area contributed by atoms with E-state index >= 15 is 0 Å². The Bertz CT molecular complexity index is 167. The topological polar surface area (TPSA) is 29.5 Å². The number of rotatable bonds is 2. The second-order valence-electron chi connectivity index (χ2n) is 3.31. The Balaban J connectivity index is 2.28. The molecular weight excluding hydrogens is 186 g/mol. The largest absolute Gasteiger partial charge is 0.450 e. The smallest absolute Gasteiger partial charge is 0.409 e. The van der Waals surface area contributed by atoms with Gasteiger partial charge in [0.05, 0.1) is 6.61 Å². The summed E-state index contributed by atoms with van der Waals surface area (Å²) in [6.07, 6.45) is 1.95. The number of thiol groups is 1. The molecule has 0 aromatic rings. The van der Waals surface area contributed by atoms with Crippen LogP contribution in [0.4, 0.5) is 4.79 Å². The molecule has 0 unspecified atom stereocenters. The van der Waals surface area contributed by atoms with E-state index < -0.39 is 0 Å². The van der Waals surface area contributed by atoms with Gasteiger partial charge in [-0.15, -0.1) is 0 Å². The summed E-state index contributed by atoms with van der Waals surface area (Å²) in [6, 6.07) is 0. The Morgan fingerprint density at radius 2 is 2.15 bits per heavy atom.